The third-order valence-corrected chi connectivity index (χ3v) is 5.99. The number of hydrogen-bond donors (Lipinski definition) is 2. The molecule has 1 fully saturated rings. The summed E-state index contributed by atoms with van der Waals surface area (Å²) in [4.78, 5) is 40.0. The molecule has 1 aliphatic carbocycles. The lowest BCUT2D eigenvalue weighted by Gasteiger charge is -2.32. The average molecular weight is 409 g/mol. The zero-order chi connectivity index (χ0) is 21.1. The molecule has 2 atom stereocenters. The first kappa shape index (κ1) is 20.1. The van der Waals surface area contributed by atoms with E-state index in [4.69, 9.17) is 0 Å². The number of halogens is 1. The number of hydrazine groups is 1. The molecule has 0 bridgehead atoms. The molecule has 0 saturated heterocycles. The normalized spacial score (nSPS) is 20.4. The Morgan fingerprint density at radius 1 is 0.900 bits per heavy atom. The summed E-state index contributed by atoms with van der Waals surface area (Å²) in [6.45, 7) is 0.618. The summed E-state index contributed by atoms with van der Waals surface area (Å²) in [5, 5.41) is 0. The van der Waals surface area contributed by atoms with Gasteiger partial charge in [-0.25, -0.2) is 4.39 Å². The molecule has 2 unspecified atom stereocenters. The van der Waals surface area contributed by atoms with Crippen molar-refractivity contribution in [3.05, 3.63) is 65.5 Å². The maximum atomic E-state index is 13.8. The van der Waals surface area contributed by atoms with Crippen LogP contribution in [0.1, 0.15) is 41.6 Å². The minimum atomic E-state index is -0.728. The fraction of sp³-hybridized carbons (Fsp3) is 0.348. The molecule has 6 nitrogen and oxygen atoms in total. The number of anilines is 1. The number of nitrogens with zero attached hydrogens (tertiary/aromatic N) is 1. The number of fused-ring (bicyclic) bond motifs is 1. The van der Waals surface area contributed by atoms with Gasteiger partial charge in [-0.05, 0) is 43.0 Å². The first-order chi connectivity index (χ1) is 14.6. The summed E-state index contributed by atoms with van der Waals surface area (Å²) in [7, 11) is 0. The lowest BCUT2D eigenvalue weighted by molar-refractivity contribution is -0.135. The molecule has 156 valence electrons. The minimum absolute atomic E-state index is 0.0415. The number of rotatable bonds is 3. The summed E-state index contributed by atoms with van der Waals surface area (Å²) in [6.07, 6.45) is 3.76. The molecular weight excluding hydrogens is 385 g/mol. The highest BCUT2D eigenvalue weighted by Gasteiger charge is 2.39. The molecule has 1 heterocycles. The van der Waals surface area contributed by atoms with Crippen molar-refractivity contribution in [1.29, 1.82) is 0 Å². The Balaban J connectivity index is 1.43. The lowest BCUT2D eigenvalue weighted by Crippen LogP contribution is -2.50. The summed E-state index contributed by atoms with van der Waals surface area (Å²) < 4.78 is 13.8. The van der Waals surface area contributed by atoms with E-state index in [1.54, 1.807) is 11.0 Å². The highest BCUT2D eigenvalue weighted by atomic mass is 19.1. The van der Waals surface area contributed by atoms with E-state index >= 15 is 0 Å². The van der Waals surface area contributed by atoms with Crippen molar-refractivity contribution in [3.63, 3.8) is 0 Å². The average Bonchev–Trinajstić information content (AvgIpc) is 3.21. The number of para-hydroxylation sites is 1. The molecule has 0 aromatic heterocycles. The van der Waals surface area contributed by atoms with Gasteiger partial charge >= 0.3 is 0 Å². The van der Waals surface area contributed by atoms with Crippen molar-refractivity contribution in [3.8, 4) is 0 Å². The van der Waals surface area contributed by atoms with Gasteiger partial charge in [0, 0.05) is 12.2 Å². The molecule has 0 spiro atoms. The van der Waals surface area contributed by atoms with Crippen LogP contribution in [0.15, 0.2) is 48.5 Å². The molecule has 4 rings (SSSR count). The van der Waals surface area contributed by atoms with E-state index in [9.17, 15) is 18.8 Å². The first-order valence-electron chi connectivity index (χ1n) is 10.3. The number of carbonyl (C=O) groups excluding carboxylic acids is 3. The predicted molar refractivity (Wildman–Crippen MR) is 110 cm³/mol. The fourth-order valence-corrected chi connectivity index (χ4v) is 4.43. The maximum Gasteiger partial charge on any atom is 0.272 e. The van der Waals surface area contributed by atoms with Gasteiger partial charge in [0.15, 0.2) is 0 Å². The van der Waals surface area contributed by atoms with E-state index in [0.29, 0.717) is 19.4 Å². The van der Waals surface area contributed by atoms with E-state index in [1.807, 2.05) is 24.3 Å². The highest BCUT2D eigenvalue weighted by molar-refractivity contribution is 6.00. The van der Waals surface area contributed by atoms with Crippen LogP contribution >= 0.6 is 0 Å². The van der Waals surface area contributed by atoms with E-state index in [1.165, 1.54) is 18.2 Å². The molecule has 2 aromatic carbocycles. The van der Waals surface area contributed by atoms with Crippen LogP contribution < -0.4 is 15.8 Å². The molecule has 2 aromatic rings. The lowest BCUT2D eigenvalue weighted by atomic mass is 9.78. The van der Waals surface area contributed by atoms with Crippen LogP contribution in [0.4, 0.5) is 10.1 Å². The number of nitrogens with one attached hydrogen (secondary N) is 2. The first-order valence-corrected chi connectivity index (χ1v) is 10.3. The van der Waals surface area contributed by atoms with Crippen molar-refractivity contribution in [2.75, 3.05) is 11.4 Å². The summed E-state index contributed by atoms with van der Waals surface area (Å²) in [5.74, 6) is -2.81. The Labute approximate surface area is 174 Å². The van der Waals surface area contributed by atoms with Crippen LogP contribution in [0.5, 0.6) is 0 Å². The number of benzene rings is 2. The third-order valence-electron chi connectivity index (χ3n) is 5.99. The minimum Gasteiger partial charge on any atom is -0.312 e. The topological polar surface area (TPSA) is 78.5 Å². The Morgan fingerprint density at radius 3 is 2.40 bits per heavy atom. The van der Waals surface area contributed by atoms with Gasteiger partial charge in [-0.2, -0.15) is 0 Å². The quantitative estimate of drug-likeness (QED) is 0.765. The molecule has 30 heavy (non-hydrogen) atoms. The van der Waals surface area contributed by atoms with Gasteiger partial charge in [0.25, 0.3) is 5.91 Å². The SMILES string of the molecule is O=C(NNC(=O)C1CCCCC1C(=O)N1CCc2ccccc21)c1ccccc1F. The molecule has 3 amide bonds. The molecule has 1 saturated carbocycles. The van der Waals surface area contributed by atoms with Gasteiger partial charge in [-0.3, -0.25) is 25.2 Å². The second-order valence-corrected chi connectivity index (χ2v) is 7.79. The summed E-state index contributed by atoms with van der Waals surface area (Å²) >= 11 is 0. The second-order valence-electron chi connectivity index (χ2n) is 7.79. The van der Waals surface area contributed by atoms with Gasteiger partial charge in [0.05, 0.1) is 17.4 Å². The van der Waals surface area contributed by atoms with E-state index in [0.717, 1.165) is 30.5 Å². The standard InChI is InChI=1S/C23H24FN3O3/c24-19-11-5-4-10-18(19)22(29)26-25-21(28)16-8-2-3-9-17(16)23(30)27-14-13-15-7-1-6-12-20(15)27/h1,4-7,10-12,16-17H,2-3,8-9,13-14H2,(H,25,28)(H,26,29). The number of hydrogen-bond acceptors (Lipinski definition) is 3. The van der Waals surface area contributed by atoms with Crippen molar-refractivity contribution in [2.24, 2.45) is 11.8 Å². The van der Waals surface area contributed by atoms with E-state index < -0.39 is 29.5 Å². The zero-order valence-electron chi connectivity index (χ0n) is 16.6. The monoisotopic (exact) mass is 409 g/mol. The molecule has 7 heteroatoms. The maximum absolute atomic E-state index is 13.8. The zero-order valence-corrected chi connectivity index (χ0v) is 16.6. The van der Waals surface area contributed by atoms with E-state index in [2.05, 4.69) is 10.9 Å². The second kappa shape index (κ2) is 8.65. The predicted octanol–water partition coefficient (Wildman–Crippen LogP) is 2.98. The number of amides is 3. The van der Waals surface area contributed by atoms with Crippen LogP contribution in [0.25, 0.3) is 0 Å². The van der Waals surface area contributed by atoms with Gasteiger partial charge in [0.1, 0.15) is 5.82 Å². The Hall–Kier alpha value is -3.22. The molecule has 2 aliphatic rings. The smallest absolute Gasteiger partial charge is 0.272 e. The molecule has 1 aliphatic heterocycles. The van der Waals surface area contributed by atoms with Crippen LogP contribution in [0.2, 0.25) is 0 Å². The van der Waals surface area contributed by atoms with Crippen LogP contribution in [-0.4, -0.2) is 24.3 Å². The molecule has 2 N–H and O–H groups in total. The van der Waals surface area contributed by atoms with Crippen molar-refractivity contribution in [2.45, 2.75) is 32.1 Å². The molecular formula is C23H24FN3O3. The van der Waals surface area contributed by atoms with E-state index in [-0.39, 0.29) is 11.5 Å². The fourth-order valence-electron chi connectivity index (χ4n) is 4.43. The third kappa shape index (κ3) is 3.92. The Bertz CT molecular complexity index is 978. The number of carbonyl (C=O) groups is 3. The largest absolute Gasteiger partial charge is 0.312 e. The van der Waals surface area contributed by atoms with Crippen molar-refractivity contribution < 1.29 is 18.8 Å². The Kier molecular flexibility index (Phi) is 5.79. The van der Waals surface area contributed by atoms with Crippen molar-refractivity contribution >= 4 is 23.4 Å². The van der Waals surface area contributed by atoms with Crippen molar-refractivity contribution in [1.82, 2.24) is 10.9 Å². The summed E-state index contributed by atoms with van der Waals surface area (Å²) in [6, 6.07) is 13.4. The van der Waals surface area contributed by atoms with Crippen LogP contribution in [-0.2, 0) is 16.0 Å². The highest BCUT2D eigenvalue weighted by Crippen LogP contribution is 2.35. The van der Waals surface area contributed by atoms with Crippen LogP contribution in [0.3, 0.4) is 0 Å². The molecule has 0 radical (unpaired) electrons. The Morgan fingerprint density at radius 2 is 1.60 bits per heavy atom. The van der Waals surface area contributed by atoms with Gasteiger partial charge in [-0.1, -0.05) is 43.2 Å². The van der Waals surface area contributed by atoms with Crippen LogP contribution in [0, 0.1) is 17.7 Å². The van der Waals surface area contributed by atoms with Gasteiger partial charge in [-0.15, -0.1) is 0 Å². The summed E-state index contributed by atoms with van der Waals surface area (Å²) in [5.41, 5.74) is 6.58. The van der Waals surface area contributed by atoms with Gasteiger partial charge < -0.3 is 4.90 Å². The van der Waals surface area contributed by atoms with Gasteiger partial charge in [0.2, 0.25) is 11.8 Å².